The van der Waals surface area contributed by atoms with Gasteiger partial charge in [0.1, 0.15) is 5.15 Å². The van der Waals surface area contributed by atoms with Crippen molar-refractivity contribution in [2.24, 2.45) is 7.05 Å². The van der Waals surface area contributed by atoms with Gasteiger partial charge in [-0.25, -0.2) is 9.97 Å². The first-order chi connectivity index (χ1) is 16.7. The van der Waals surface area contributed by atoms with Crippen LogP contribution in [0.2, 0.25) is 5.15 Å². The number of halogens is 1. The number of aromatic nitrogens is 3. The minimum absolute atomic E-state index is 0.0446. The first-order valence-corrected chi connectivity index (χ1v) is 13.0. The van der Waals surface area contributed by atoms with Crippen LogP contribution in [0.15, 0.2) is 29.1 Å². The van der Waals surface area contributed by atoms with Crippen molar-refractivity contribution in [2.75, 3.05) is 36.2 Å². The molecule has 0 aliphatic carbocycles. The van der Waals surface area contributed by atoms with Gasteiger partial charge < -0.3 is 15.3 Å². The van der Waals surface area contributed by atoms with Gasteiger partial charge in [-0.15, -0.1) is 0 Å². The van der Waals surface area contributed by atoms with Gasteiger partial charge in [-0.05, 0) is 44.0 Å². The number of aryl methyl sites for hydroxylation is 1. The Morgan fingerprint density at radius 1 is 1.29 bits per heavy atom. The predicted molar refractivity (Wildman–Crippen MR) is 144 cm³/mol. The third kappa shape index (κ3) is 5.88. The number of carbonyl (C=O) groups is 1. The zero-order chi connectivity index (χ0) is 25.7. The van der Waals surface area contributed by atoms with Crippen LogP contribution in [0.4, 0.5) is 11.6 Å². The van der Waals surface area contributed by atoms with Crippen LogP contribution >= 0.6 is 23.5 Å². The van der Waals surface area contributed by atoms with Gasteiger partial charge in [-0.3, -0.25) is 18.9 Å². The number of carbonyl (C=O) groups excluding carboxylic acids is 1. The minimum Gasteiger partial charge on any atom is -0.395 e. The van der Waals surface area contributed by atoms with E-state index in [1.807, 2.05) is 37.8 Å². The van der Waals surface area contributed by atoms with E-state index in [-0.39, 0.29) is 35.0 Å². The van der Waals surface area contributed by atoms with Gasteiger partial charge in [0.2, 0.25) is 5.95 Å². The van der Waals surface area contributed by atoms with E-state index in [0.29, 0.717) is 35.6 Å². The van der Waals surface area contributed by atoms with Gasteiger partial charge in [0.25, 0.3) is 11.5 Å². The van der Waals surface area contributed by atoms with Crippen LogP contribution < -0.4 is 20.5 Å². The summed E-state index contributed by atoms with van der Waals surface area (Å²) in [6.07, 6.45) is 2.59. The van der Waals surface area contributed by atoms with Crippen molar-refractivity contribution < 1.29 is 9.90 Å². The number of benzene rings is 1. The number of hydrogen-bond acceptors (Lipinski definition) is 8. The number of nitrogens with zero attached hydrogens (tertiary/aromatic N) is 4. The molecule has 0 aliphatic heterocycles. The van der Waals surface area contributed by atoms with E-state index < -0.39 is 0 Å². The van der Waals surface area contributed by atoms with E-state index >= 15 is 0 Å². The number of pyridine rings is 1. The second-order valence-corrected chi connectivity index (χ2v) is 9.27. The van der Waals surface area contributed by atoms with Crippen LogP contribution in [0.5, 0.6) is 0 Å². The van der Waals surface area contributed by atoms with Crippen molar-refractivity contribution in [3.63, 3.8) is 0 Å². The summed E-state index contributed by atoms with van der Waals surface area (Å²) in [7, 11) is 1.70. The highest BCUT2D eigenvalue weighted by Gasteiger charge is 2.21. The molecule has 1 unspecified atom stereocenters. The zero-order valence-electron chi connectivity index (χ0n) is 20.6. The van der Waals surface area contributed by atoms with Crippen molar-refractivity contribution >= 4 is 52.0 Å². The van der Waals surface area contributed by atoms with Gasteiger partial charge >= 0.3 is 0 Å². The van der Waals surface area contributed by atoms with Crippen LogP contribution in [-0.2, 0) is 7.05 Å². The molecule has 35 heavy (non-hydrogen) atoms. The molecule has 3 rings (SSSR count). The molecule has 0 radical (unpaired) electrons. The van der Waals surface area contributed by atoms with Crippen molar-refractivity contribution in [2.45, 2.75) is 33.2 Å². The number of hydrogen-bond donors (Lipinski definition) is 3. The Hall–Kier alpha value is -2.82. The molecule has 0 saturated carbocycles. The lowest BCUT2D eigenvalue weighted by Crippen LogP contribution is -2.34. The SMILES string of the molecule is CCCN(CCO)c1nc2c(C(C)Nc3ccc(Cl)nc3C(=O)NSC)cc(C)cc2c(=O)n1C. The Balaban J connectivity index is 2.14. The molecular weight excluding hydrogens is 488 g/mol. The quantitative estimate of drug-likeness (QED) is 0.275. The molecule has 11 heteroatoms. The highest BCUT2D eigenvalue weighted by molar-refractivity contribution is 7.97. The number of amides is 1. The highest BCUT2D eigenvalue weighted by Crippen LogP contribution is 2.29. The number of aliphatic hydroxyl groups excluding tert-OH is 1. The molecule has 0 fully saturated rings. The maximum absolute atomic E-state index is 13.3. The summed E-state index contributed by atoms with van der Waals surface area (Å²) in [4.78, 5) is 36.9. The van der Waals surface area contributed by atoms with E-state index in [2.05, 4.69) is 15.0 Å². The van der Waals surface area contributed by atoms with E-state index in [0.717, 1.165) is 17.5 Å². The van der Waals surface area contributed by atoms with Gasteiger partial charge in [0, 0.05) is 32.0 Å². The summed E-state index contributed by atoms with van der Waals surface area (Å²) in [5, 5.41) is 13.6. The molecule has 0 spiro atoms. The second-order valence-electron chi connectivity index (χ2n) is 8.27. The fourth-order valence-electron chi connectivity index (χ4n) is 4.03. The van der Waals surface area contributed by atoms with Crippen LogP contribution in [0.1, 0.15) is 47.9 Å². The Bertz CT molecular complexity index is 1280. The van der Waals surface area contributed by atoms with Crippen molar-refractivity contribution in [3.05, 3.63) is 56.6 Å². The van der Waals surface area contributed by atoms with Gasteiger partial charge in [0.15, 0.2) is 5.69 Å². The topological polar surface area (TPSA) is 112 Å². The molecule has 1 atom stereocenters. The summed E-state index contributed by atoms with van der Waals surface area (Å²) in [5.74, 6) is 0.140. The van der Waals surface area contributed by atoms with Crippen LogP contribution in [-0.4, -0.2) is 51.5 Å². The lowest BCUT2D eigenvalue weighted by molar-refractivity contribution is 0.0980. The molecule has 2 heterocycles. The average Bonchev–Trinajstić information content (AvgIpc) is 2.82. The van der Waals surface area contributed by atoms with E-state index in [1.54, 1.807) is 25.4 Å². The van der Waals surface area contributed by atoms with E-state index in [4.69, 9.17) is 16.6 Å². The maximum Gasteiger partial charge on any atom is 0.281 e. The summed E-state index contributed by atoms with van der Waals surface area (Å²) < 4.78 is 4.20. The Morgan fingerprint density at radius 2 is 2.03 bits per heavy atom. The molecule has 0 aliphatic rings. The third-order valence-corrected chi connectivity index (χ3v) is 6.19. The first kappa shape index (κ1) is 26.8. The Morgan fingerprint density at radius 3 is 2.69 bits per heavy atom. The number of aliphatic hydroxyl groups is 1. The number of anilines is 2. The number of rotatable bonds is 10. The largest absolute Gasteiger partial charge is 0.395 e. The molecule has 0 saturated heterocycles. The molecule has 1 aromatic carbocycles. The Labute approximate surface area is 214 Å². The second kappa shape index (κ2) is 11.7. The lowest BCUT2D eigenvalue weighted by Gasteiger charge is -2.25. The third-order valence-electron chi connectivity index (χ3n) is 5.59. The standard InChI is InChI=1S/C24H31ClN6O3S/c1-6-9-31(10-11-32)24-28-20-16(12-14(2)13-17(20)23(34)30(24)4)15(3)26-18-7-8-19(25)27-21(18)22(33)29-35-5/h7-8,12-13,15,26,32H,6,9-11H2,1-5H3,(H,29,33). The fourth-order valence-corrected chi connectivity index (χ4v) is 4.46. The minimum atomic E-state index is -0.364. The predicted octanol–water partition coefficient (Wildman–Crippen LogP) is 3.68. The molecule has 1 amide bonds. The highest BCUT2D eigenvalue weighted by atomic mass is 35.5. The molecule has 188 valence electrons. The molecule has 9 nitrogen and oxygen atoms in total. The van der Waals surface area contributed by atoms with Crippen LogP contribution in [0.3, 0.4) is 0 Å². The van der Waals surface area contributed by atoms with E-state index in [1.165, 1.54) is 16.5 Å². The van der Waals surface area contributed by atoms with Crippen LogP contribution in [0.25, 0.3) is 10.9 Å². The van der Waals surface area contributed by atoms with Crippen molar-refractivity contribution in [3.8, 4) is 0 Å². The van der Waals surface area contributed by atoms with Crippen molar-refractivity contribution in [1.82, 2.24) is 19.3 Å². The molecule has 2 aromatic heterocycles. The van der Waals surface area contributed by atoms with Gasteiger partial charge in [-0.2, -0.15) is 0 Å². The number of fused-ring (bicyclic) bond motifs is 1. The van der Waals surface area contributed by atoms with Crippen LogP contribution in [0, 0.1) is 6.92 Å². The summed E-state index contributed by atoms with van der Waals surface area (Å²) in [5.41, 5.74) is 2.84. The monoisotopic (exact) mass is 518 g/mol. The molecule has 3 aromatic rings. The summed E-state index contributed by atoms with van der Waals surface area (Å²) in [6.45, 7) is 6.89. The van der Waals surface area contributed by atoms with Crippen molar-refractivity contribution in [1.29, 1.82) is 0 Å². The molecule has 0 bridgehead atoms. The molecule has 3 N–H and O–H groups in total. The average molecular weight is 519 g/mol. The number of nitrogens with one attached hydrogen (secondary N) is 2. The zero-order valence-corrected chi connectivity index (χ0v) is 22.1. The normalized spacial score (nSPS) is 12.0. The summed E-state index contributed by atoms with van der Waals surface area (Å²) >= 11 is 7.22. The maximum atomic E-state index is 13.3. The summed E-state index contributed by atoms with van der Waals surface area (Å²) in [6, 6.07) is 6.83. The first-order valence-electron chi connectivity index (χ1n) is 11.3. The molecular formula is C24H31ClN6O3S. The smallest absolute Gasteiger partial charge is 0.281 e. The fraction of sp³-hybridized carbons (Fsp3) is 0.417. The lowest BCUT2D eigenvalue weighted by atomic mass is 10.0. The van der Waals surface area contributed by atoms with Gasteiger partial charge in [-0.1, -0.05) is 36.5 Å². The Kier molecular flexibility index (Phi) is 8.98. The van der Waals surface area contributed by atoms with E-state index in [9.17, 15) is 14.7 Å². The van der Waals surface area contributed by atoms with Gasteiger partial charge in [0.05, 0.1) is 29.2 Å².